The average Bonchev–Trinajstić information content (AvgIpc) is 2.82. The van der Waals surface area contributed by atoms with Gasteiger partial charge in [0.2, 0.25) is 20.0 Å². The van der Waals surface area contributed by atoms with Gasteiger partial charge < -0.3 is 9.84 Å². The van der Waals surface area contributed by atoms with Gasteiger partial charge in [-0.3, -0.25) is 4.72 Å². The molecule has 0 saturated heterocycles. The number of anilines is 1. The number of sulfonamides is 2. The standard InChI is InChI=1S/C27H33ClN2O6S2/c1-27(2,3)30-38(34,35)26-17-21(19-31)9-12-24(26)29-37(32,33)16-14-22-10-11-23(28)18-25(22)36-15-13-20-7-5-4-6-8-20/h4-12,17-18,29-31H,13-16,19H2,1-3H3. The zero-order valence-electron chi connectivity index (χ0n) is 21.6. The second-order valence-electron chi connectivity index (χ2n) is 9.85. The number of hydrogen-bond acceptors (Lipinski definition) is 6. The summed E-state index contributed by atoms with van der Waals surface area (Å²) in [7, 11) is -8.05. The predicted molar refractivity (Wildman–Crippen MR) is 151 cm³/mol. The SMILES string of the molecule is CC(C)(C)NS(=O)(=O)c1cc(CO)ccc1NS(=O)(=O)CCc1ccc(Cl)cc1OCCc1ccccc1. The molecule has 8 nitrogen and oxygen atoms in total. The first-order chi connectivity index (χ1) is 17.8. The number of ether oxygens (including phenoxy) is 1. The lowest BCUT2D eigenvalue weighted by atomic mass is 10.1. The Morgan fingerprint density at radius 3 is 2.26 bits per heavy atom. The van der Waals surface area contributed by atoms with Gasteiger partial charge >= 0.3 is 0 Å². The maximum Gasteiger partial charge on any atom is 0.243 e. The number of aryl methyl sites for hydroxylation is 1. The van der Waals surface area contributed by atoms with Gasteiger partial charge in [-0.15, -0.1) is 0 Å². The maximum atomic E-state index is 13.0. The Kier molecular flexibility index (Phi) is 9.83. The summed E-state index contributed by atoms with van der Waals surface area (Å²) >= 11 is 6.15. The monoisotopic (exact) mass is 580 g/mol. The van der Waals surface area contributed by atoms with Crippen molar-refractivity contribution >= 4 is 37.3 Å². The number of nitrogens with one attached hydrogen (secondary N) is 2. The molecule has 0 bridgehead atoms. The lowest BCUT2D eigenvalue weighted by molar-refractivity contribution is 0.281. The molecule has 0 heterocycles. The molecule has 0 radical (unpaired) electrons. The normalized spacial score (nSPS) is 12.3. The van der Waals surface area contributed by atoms with Gasteiger partial charge in [0.05, 0.1) is 24.7 Å². The molecule has 3 aromatic carbocycles. The number of aliphatic hydroxyl groups excluding tert-OH is 1. The smallest absolute Gasteiger partial charge is 0.243 e. The predicted octanol–water partition coefficient (Wildman–Crippen LogP) is 4.52. The van der Waals surface area contributed by atoms with Crippen LogP contribution in [0, 0.1) is 0 Å². The van der Waals surface area contributed by atoms with E-state index in [1.807, 2.05) is 30.3 Å². The minimum Gasteiger partial charge on any atom is -0.493 e. The number of hydrogen-bond donors (Lipinski definition) is 3. The number of rotatable bonds is 12. The van der Waals surface area contributed by atoms with E-state index in [-0.39, 0.29) is 22.8 Å². The van der Waals surface area contributed by atoms with Crippen LogP contribution in [-0.4, -0.2) is 39.8 Å². The van der Waals surface area contributed by atoms with Crippen LogP contribution in [0.4, 0.5) is 5.69 Å². The van der Waals surface area contributed by atoms with Crippen LogP contribution in [0.3, 0.4) is 0 Å². The van der Waals surface area contributed by atoms with Gasteiger partial charge in [0, 0.05) is 17.0 Å². The summed E-state index contributed by atoms with van der Waals surface area (Å²) in [4.78, 5) is -0.265. The van der Waals surface area contributed by atoms with E-state index in [9.17, 15) is 21.9 Å². The largest absolute Gasteiger partial charge is 0.493 e. The number of benzene rings is 3. The van der Waals surface area contributed by atoms with Crippen molar-refractivity contribution in [3.8, 4) is 5.75 Å². The van der Waals surface area contributed by atoms with E-state index in [2.05, 4.69) is 9.44 Å². The van der Waals surface area contributed by atoms with Gasteiger partial charge in [0.25, 0.3) is 0 Å². The molecule has 0 aromatic heterocycles. The average molecular weight is 581 g/mol. The van der Waals surface area contributed by atoms with Gasteiger partial charge in [-0.2, -0.15) is 0 Å². The van der Waals surface area contributed by atoms with Crippen LogP contribution in [0.2, 0.25) is 5.02 Å². The summed E-state index contributed by atoms with van der Waals surface area (Å²) < 4.78 is 63.0. The van der Waals surface area contributed by atoms with Crippen molar-refractivity contribution in [1.29, 1.82) is 0 Å². The van der Waals surface area contributed by atoms with Crippen LogP contribution in [0.5, 0.6) is 5.75 Å². The number of aliphatic hydroxyl groups is 1. The molecular formula is C27H33ClN2O6S2. The summed E-state index contributed by atoms with van der Waals surface area (Å²) in [5.41, 5.74) is 1.21. The molecule has 0 fully saturated rings. The zero-order valence-corrected chi connectivity index (χ0v) is 24.0. The second kappa shape index (κ2) is 12.5. The first-order valence-corrected chi connectivity index (χ1v) is 15.5. The Labute approximate surface area is 230 Å². The highest BCUT2D eigenvalue weighted by atomic mass is 35.5. The summed E-state index contributed by atoms with van der Waals surface area (Å²) in [6.07, 6.45) is 0.792. The van der Waals surface area contributed by atoms with Gasteiger partial charge in [-0.05, 0) is 68.1 Å². The Morgan fingerprint density at radius 1 is 0.895 bits per heavy atom. The number of halogens is 1. The molecule has 0 aliphatic heterocycles. The molecule has 3 aromatic rings. The molecule has 38 heavy (non-hydrogen) atoms. The van der Waals surface area contributed by atoms with Gasteiger partial charge in [0.1, 0.15) is 10.6 Å². The zero-order chi connectivity index (χ0) is 28.0. The fourth-order valence-corrected chi connectivity index (χ4v) is 6.65. The first kappa shape index (κ1) is 29.9. The lowest BCUT2D eigenvalue weighted by Gasteiger charge is -2.22. The summed E-state index contributed by atoms with van der Waals surface area (Å²) in [6, 6.07) is 18.9. The van der Waals surface area contributed by atoms with Crippen LogP contribution in [-0.2, 0) is 39.5 Å². The Morgan fingerprint density at radius 2 is 1.61 bits per heavy atom. The minimum atomic E-state index is -4.09. The molecule has 3 rings (SSSR count). The maximum absolute atomic E-state index is 13.0. The third-order valence-electron chi connectivity index (χ3n) is 5.38. The Hall–Kier alpha value is -2.63. The summed E-state index contributed by atoms with van der Waals surface area (Å²) in [5.74, 6) is 0.172. The summed E-state index contributed by atoms with van der Waals surface area (Å²) in [5, 5.41) is 9.96. The Balaban J connectivity index is 1.76. The van der Waals surface area contributed by atoms with Crippen molar-refractivity contribution in [2.75, 3.05) is 17.1 Å². The molecular weight excluding hydrogens is 548 g/mol. The Bertz CT molecular complexity index is 1450. The van der Waals surface area contributed by atoms with E-state index in [1.54, 1.807) is 39.0 Å². The highest BCUT2D eigenvalue weighted by molar-refractivity contribution is 7.93. The molecule has 3 N–H and O–H groups in total. The molecule has 0 unspecified atom stereocenters. The molecule has 206 valence electrons. The van der Waals surface area contributed by atoms with Crippen molar-refractivity contribution in [3.05, 3.63) is 88.4 Å². The molecule has 0 atom stereocenters. The van der Waals surface area contributed by atoms with Crippen molar-refractivity contribution in [2.45, 2.75) is 50.7 Å². The lowest BCUT2D eigenvalue weighted by Crippen LogP contribution is -2.40. The summed E-state index contributed by atoms with van der Waals surface area (Å²) in [6.45, 7) is 5.03. The molecule has 0 aliphatic rings. The fourth-order valence-electron chi connectivity index (χ4n) is 3.69. The van der Waals surface area contributed by atoms with E-state index in [0.29, 0.717) is 34.9 Å². The van der Waals surface area contributed by atoms with E-state index in [0.717, 1.165) is 5.56 Å². The van der Waals surface area contributed by atoms with E-state index in [4.69, 9.17) is 16.3 Å². The molecule has 0 saturated carbocycles. The van der Waals surface area contributed by atoms with Crippen molar-refractivity contribution in [3.63, 3.8) is 0 Å². The van der Waals surface area contributed by atoms with Crippen LogP contribution in [0.25, 0.3) is 0 Å². The van der Waals surface area contributed by atoms with Crippen molar-refractivity contribution in [1.82, 2.24) is 4.72 Å². The van der Waals surface area contributed by atoms with Crippen molar-refractivity contribution in [2.24, 2.45) is 0 Å². The molecule has 0 spiro atoms. The van der Waals surface area contributed by atoms with E-state index in [1.165, 1.54) is 18.2 Å². The highest BCUT2D eigenvalue weighted by Gasteiger charge is 2.27. The second-order valence-corrected chi connectivity index (χ2v) is 13.8. The molecule has 0 amide bonds. The van der Waals surface area contributed by atoms with E-state index >= 15 is 0 Å². The van der Waals surface area contributed by atoms with Crippen LogP contribution >= 0.6 is 11.6 Å². The third kappa shape index (κ3) is 8.99. The first-order valence-electron chi connectivity index (χ1n) is 12.0. The fraction of sp³-hybridized carbons (Fsp3) is 0.333. The highest BCUT2D eigenvalue weighted by Crippen LogP contribution is 2.27. The van der Waals surface area contributed by atoms with Crippen LogP contribution in [0.15, 0.2) is 71.6 Å². The minimum absolute atomic E-state index is 0.102. The van der Waals surface area contributed by atoms with Crippen LogP contribution in [0.1, 0.15) is 37.5 Å². The third-order valence-corrected chi connectivity index (χ3v) is 8.69. The quantitative estimate of drug-likeness (QED) is 0.290. The van der Waals surface area contributed by atoms with Gasteiger partial charge in [0.15, 0.2) is 0 Å². The van der Waals surface area contributed by atoms with Gasteiger partial charge in [-0.25, -0.2) is 21.6 Å². The topological polar surface area (TPSA) is 122 Å². The van der Waals surface area contributed by atoms with Crippen LogP contribution < -0.4 is 14.2 Å². The van der Waals surface area contributed by atoms with Crippen molar-refractivity contribution < 1.29 is 26.7 Å². The van der Waals surface area contributed by atoms with E-state index < -0.39 is 32.2 Å². The van der Waals surface area contributed by atoms with Gasteiger partial charge in [-0.1, -0.05) is 54.1 Å². The molecule has 0 aliphatic carbocycles. The molecule has 11 heteroatoms.